The molecule has 0 fully saturated rings. The molecule has 0 aliphatic heterocycles. The second-order valence-electron chi connectivity index (χ2n) is 3.92. The van der Waals surface area contributed by atoms with E-state index in [1.807, 2.05) is 23.3 Å². The third-order valence-electron chi connectivity index (χ3n) is 2.49. The van der Waals surface area contributed by atoms with Gasteiger partial charge in [0.05, 0.1) is 6.54 Å². The molecule has 0 aliphatic rings. The summed E-state index contributed by atoms with van der Waals surface area (Å²) >= 11 is 1.70. The predicted octanol–water partition coefficient (Wildman–Crippen LogP) is 2.71. The second kappa shape index (κ2) is 7.35. The topological polar surface area (TPSA) is 40.5 Å². The van der Waals surface area contributed by atoms with Crippen LogP contribution in [0.15, 0.2) is 29.2 Å². The molecule has 0 radical (unpaired) electrons. The highest BCUT2D eigenvalue weighted by Gasteiger charge is 2.11. The van der Waals surface area contributed by atoms with Gasteiger partial charge in [-0.3, -0.25) is 9.69 Å². The van der Waals surface area contributed by atoms with E-state index in [-0.39, 0.29) is 6.54 Å². The number of nitrogens with zero attached hydrogens (tertiary/aromatic N) is 1. The van der Waals surface area contributed by atoms with E-state index >= 15 is 0 Å². The monoisotopic (exact) mass is 253 g/mol. The maximum absolute atomic E-state index is 10.8. The van der Waals surface area contributed by atoms with E-state index < -0.39 is 5.97 Å². The number of carboxylic acid groups (broad SMARTS) is 1. The van der Waals surface area contributed by atoms with Gasteiger partial charge < -0.3 is 5.11 Å². The molecule has 1 aromatic rings. The normalized spacial score (nSPS) is 10.8. The molecule has 0 atom stereocenters. The van der Waals surface area contributed by atoms with Gasteiger partial charge in [0, 0.05) is 11.4 Å². The van der Waals surface area contributed by atoms with Gasteiger partial charge in [0.25, 0.3) is 0 Å². The fraction of sp³-hybridized carbons (Fsp3) is 0.462. The number of aliphatic carboxylic acids is 1. The Labute approximate surface area is 107 Å². The SMILES string of the molecule is CCCN(CC(=O)O)Cc1ccccc1SC. The van der Waals surface area contributed by atoms with E-state index in [4.69, 9.17) is 5.11 Å². The molecule has 94 valence electrons. The first-order valence-electron chi connectivity index (χ1n) is 5.73. The summed E-state index contributed by atoms with van der Waals surface area (Å²) in [7, 11) is 0. The largest absolute Gasteiger partial charge is 0.480 e. The number of rotatable bonds is 7. The average molecular weight is 253 g/mol. The summed E-state index contributed by atoms with van der Waals surface area (Å²) in [6, 6.07) is 8.15. The lowest BCUT2D eigenvalue weighted by molar-refractivity contribution is -0.138. The standard InChI is InChI=1S/C13H19NO2S/c1-3-8-14(10-13(15)16)9-11-6-4-5-7-12(11)17-2/h4-7H,3,8-10H2,1-2H3,(H,15,16). The van der Waals surface area contributed by atoms with Gasteiger partial charge in [0.15, 0.2) is 0 Å². The van der Waals surface area contributed by atoms with E-state index in [1.165, 1.54) is 10.5 Å². The number of hydrogen-bond acceptors (Lipinski definition) is 3. The summed E-state index contributed by atoms with van der Waals surface area (Å²) in [6.45, 7) is 3.69. The fourth-order valence-electron chi connectivity index (χ4n) is 1.80. The fourth-order valence-corrected chi connectivity index (χ4v) is 2.41. The van der Waals surface area contributed by atoms with Crippen LogP contribution in [-0.2, 0) is 11.3 Å². The van der Waals surface area contributed by atoms with E-state index in [9.17, 15) is 4.79 Å². The van der Waals surface area contributed by atoms with Crippen LogP contribution >= 0.6 is 11.8 Å². The van der Waals surface area contributed by atoms with Crippen LogP contribution in [-0.4, -0.2) is 35.3 Å². The number of carbonyl (C=O) groups is 1. The molecular weight excluding hydrogens is 234 g/mol. The van der Waals surface area contributed by atoms with Crippen molar-refractivity contribution in [3.05, 3.63) is 29.8 Å². The van der Waals surface area contributed by atoms with Crippen LogP contribution in [0.5, 0.6) is 0 Å². The third-order valence-corrected chi connectivity index (χ3v) is 3.32. The van der Waals surface area contributed by atoms with E-state index in [1.54, 1.807) is 11.8 Å². The van der Waals surface area contributed by atoms with Crippen molar-refractivity contribution in [2.45, 2.75) is 24.8 Å². The average Bonchev–Trinajstić information content (AvgIpc) is 2.29. The van der Waals surface area contributed by atoms with Gasteiger partial charge in [-0.2, -0.15) is 0 Å². The third kappa shape index (κ3) is 4.79. The van der Waals surface area contributed by atoms with Crippen molar-refractivity contribution in [2.24, 2.45) is 0 Å². The summed E-state index contributed by atoms with van der Waals surface area (Å²) in [5, 5.41) is 8.87. The zero-order chi connectivity index (χ0) is 12.7. The Balaban J connectivity index is 2.74. The Hall–Kier alpha value is -1.00. The van der Waals surface area contributed by atoms with Gasteiger partial charge in [0.2, 0.25) is 0 Å². The Bertz CT molecular complexity index is 368. The molecule has 0 aliphatic carbocycles. The molecule has 3 nitrogen and oxygen atoms in total. The molecule has 1 rings (SSSR count). The highest BCUT2D eigenvalue weighted by atomic mass is 32.2. The van der Waals surface area contributed by atoms with Crippen molar-refractivity contribution >= 4 is 17.7 Å². The van der Waals surface area contributed by atoms with Crippen molar-refractivity contribution < 1.29 is 9.90 Å². The molecular formula is C13H19NO2S. The van der Waals surface area contributed by atoms with Crippen molar-refractivity contribution in [1.82, 2.24) is 4.90 Å². The quantitative estimate of drug-likeness (QED) is 0.759. The zero-order valence-corrected chi connectivity index (χ0v) is 11.2. The van der Waals surface area contributed by atoms with Gasteiger partial charge in [-0.15, -0.1) is 11.8 Å². The first-order valence-corrected chi connectivity index (χ1v) is 6.96. The minimum absolute atomic E-state index is 0.108. The van der Waals surface area contributed by atoms with Crippen molar-refractivity contribution in [1.29, 1.82) is 0 Å². The van der Waals surface area contributed by atoms with Crippen LogP contribution in [0.25, 0.3) is 0 Å². The predicted molar refractivity (Wildman–Crippen MR) is 71.4 cm³/mol. The van der Waals surface area contributed by atoms with Gasteiger partial charge in [0.1, 0.15) is 0 Å². The molecule has 0 saturated heterocycles. The minimum atomic E-state index is -0.764. The molecule has 1 N–H and O–H groups in total. The number of benzene rings is 1. The number of thioether (sulfide) groups is 1. The van der Waals surface area contributed by atoms with Crippen LogP contribution in [0.1, 0.15) is 18.9 Å². The second-order valence-corrected chi connectivity index (χ2v) is 4.76. The van der Waals surface area contributed by atoms with Crippen LogP contribution in [0, 0.1) is 0 Å². The number of carboxylic acids is 1. The number of hydrogen-bond donors (Lipinski definition) is 1. The Kier molecular flexibility index (Phi) is 6.08. The van der Waals surface area contributed by atoms with Gasteiger partial charge in [-0.05, 0) is 30.9 Å². The van der Waals surface area contributed by atoms with E-state index in [0.717, 1.165) is 13.0 Å². The van der Waals surface area contributed by atoms with Crippen LogP contribution < -0.4 is 0 Å². The highest BCUT2D eigenvalue weighted by molar-refractivity contribution is 7.98. The lowest BCUT2D eigenvalue weighted by atomic mass is 10.2. The molecule has 1 aromatic carbocycles. The molecule has 0 unspecified atom stereocenters. The summed E-state index contributed by atoms with van der Waals surface area (Å²) in [5.74, 6) is -0.764. The van der Waals surface area contributed by atoms with Gasteiger partial charge in [-0.25, -0.2) is 0 Å². The molecule has 0 heterocycles. The molecule has 0 aromatic heterocycles. The molecule has 0 bridgehead atoms. The summed E-state index contributed by atoms with van der Waals surface area (Å²) < 4.78 is 0. The first-order chi connectivity index (χ1) is 8.17. The van der Waals surface area contributed by atoms with Gasteiger partial charge in [-0.1, -0.05) is 25.1 Å². The Morgan fingerprint density at radius 1 is 1.41 bits per heavy atom. The summed E-state index contributed by atoms with van der Waals surface area (Å²) in [5.41, 5.74) is 1.20. The van der Waals surface area contributed by atoms with E-state index in [0.29, 0.717) is 6.54 Å². The molecule has 0 amide bonds. The lowest BCUT2D eigenvalue weighted by Crippen LogP contribution is -2.30. The van der Waals surface area contributed by atoms with Crippen molar-refractivity contribution in [2.75, 3.05) is 19.3 Å². The van der Waals surface area contributed by atoms with Crippen molar-refractivity contribution in [3.63, 3.8) is 0 Å². The van der Waals surface area contributed by atoms with Gasteiger partial charge >= 0.3 is 5.97 Å². The zero-order valence-electron chi connectivity index (χ0n) is 10.3. The maximum Gasteiger partial charge on any atom is 0.317 e. The smallest absolute Gasteiger partial charge is 0.317 e. The lowest BCUT2D eigenvalue weighted by Gasteiger charge is -2.20. The molecule has 0 spiro atoms. The van der Waals surface area contributed by atoms with Crippen LogP contribution in [0.2, 0.25) is 0 Å². The highest BCUT2D eigenvalue weighted by Crippen LogP contribution is 2.21. The Morgan fingerprint density at radius 3 is 2.71 bits per heavy atom. The molecule has 4 heteroatoms. The molecule has 17 heavy (non-hydrogen) atoms. The van der Waals surface area contributed by atoms with Crippen LogP contribution in [0.4, 0.5) is 0 Å². The van der Waals surface area contributed by atoms with Crippen molar-refractivity contribution in [3.8, 4) is 0 Å². The van der Waals surface area contributed by atoms with E-state index in [2.05, 4.69) is 19.1 Å². The first kappa shape index (κ1) is 14.1. The molecule has 0 saturated carbocycles. The maximum atomic E-state index is 10.8. The Morgan fingerprint density at radius 2 is 2.12 bits per heavy atom. The summed E-state index contributed by atoms with van der Waals surface area (Å²) in [4.78, 5) is 14.0. The van der Waals surface area contributed by atoms with Crippen LogP contribution in [0.3, 0.4) is 0 Å². The summed E-state index contributed by atoms with van der Waals surface area (Å²) in [6.07, 6.45) is 3.01. The minimum Gasteiger partial charge on any atom is -0.480 e.